The van der Waals surface area contributed by atoms with Gasteiger partial charge in [0.1, 0.15) is 11.6 Å². The van der Waals surface area contributed by atoms with Gasteiger partial charge in [-0.2, -0.15) is 0 Å². The van der Waals surface area contributed by atoms with Crippen molar-refractivity contribution in [2.24, 2.45) is 0 Å². The van der Waals surface area contributed by atoms with Crippen LogP contribution in [0.2, 0.25) is 0 Å². The number of halogens is 3. The summed E-state index contributed by atoms with van der Waals surface area (Å²) in [5, 5.41) is 9.46. The summed E-state index contributed by atoms with van der Waals surface area (Å²) >= 11 is 4.89. The van der Waals surface area contributed by atoms with Gasteiger partial charge >= 0.3 is 0 Å². The molecule has 0 radical (unpaired) electrons. The quantitative estimate of drug-likeness (QED) is 0.411. The lowest BCUT2D eigenvalue weighted by molar-refractivity contribution is -0.123. The number of phenolic OH excluding ortho intramolecular Hbond substituents is 1. The summed E-state index contributed by atoms with van der Waals surface area (Å²) in [5.41, 5.74) is 1.41. The summed E-state index contributed by atoms with van der Waals surface area (Å²) < 4.78 is 14.3. The fourth-order valence-electron chi connectivity index (χ4n) is 2.23. The molecule has 2 aromatic rings. The zero-order valence-corrected chi connectivity index (χ0v) is 17.6. The maximum absolute atomic E-state index is 13.0. The Morgan fingerprint density at radius 3 is 2.32 bits per heavy atom. The summed E-state index contributed by atoms with van der Waals surface area (Å²) in [6.07, 6.45) is 1.64. The number of carbonyl (C=O) groups is 2. The van der Waals surface area contributed by atoms with Crippen molar-refractivity contribution in [3.63, 3.8) is 0 Å². The van der Waals surface area contributed by atoms with Crippen molar-refractivity contribution in [1.29, 1.82) is 0 Å². The van der Waals surface area contributed by atoms with Gasteiger partial charge in [0.25, 0.3) is 11.1 Å². The third-order valence-corrected chi connectivity index (χ3v) is 6.02. The standard InChI is InChI=1S/C17H10FI2NO3S/c18-11-3-1-9(2-4-11)8-21-16(23)14(25-17(21)24)7-10-5-12(19)15(22)13(20)6-10/h1-7,22H,8H2/b14-7+. The first-order valence-electron chi connectivity index (χ1n) is 7.03. The molecule has 0 bridgehead atoms. The van der Waals surface area contributed by atoms with Crippen molar-refractivity contribution in [2.45, 2.75) is 6.54 Å². The molecule has 1 heterocycles. The summed E-state index contributed by atoms with van der Waals surface area (Å²) in [7, 11) is 0. The third-order valence-electron chi connectivity index (χ3n) is 3.46. The molecule has 25 heavy (non-hydrogen) atoms. The topological polar surface area (TPSA) is 57.6 Å². The number of hydrogen-bond acceptors (Lipinski definition) is 4. The van der Waals surface area contributed by atoms with Crippen LogP contribution in [-0.2, 0) is 11.3 Å². The van der Waals surface area contributed by atoms with E-state index in [9.17, 15) is 19.1 Å². The summed E-state index contributed by atoms with van der Waals surface area (Å²) in [5.74, 6) is -0.547. The van der Waals surface area contributed by atoms with E-state index in [1.54, 1.807) is 30.3 Å². The maximum Gasteiger partial charge on any atom is 0.293 e. The molecule has 1 aliphatic rings. The zero-order chi connectivity index (χ0) is 18.1. The van der Waals surface area contributed by atoms with Gasteiger partial charge in [-0.1, -0.05) is 12.1 Å². The number of aromatic hydroxyl groups is 1. The minimum atomic E-state index is -0.377. The minimum Gasteiger partial charge on any atom is -0.506 e. The van der Waals surface area contributed by atoms with Crippen molar-refractivity contribution in [1.82, 2.24) is 4.90 Å². The van der Waals surface area contributed by atoms with Gasteiger partial charge in [-0.3, -0.25) is 14.5 Å². The molecule has 0 spiro atoms. The van der Waals surface area contributed by atoms with Crippen LogP contribution in [0.1, 0.15) is 11.1 Å². The predicted octanol–water partition coefficient (Wildman–Crippen LogP) is 4.98. The van der Waals surface area contributed by atoms with Gasteiger partial charge in [0.2, 0.25) is 0 Å². The van der Waals surface area contributed by atoms with Crippen molar-refractivity contribution in [2.75, 3.05) is 0 Å². The Kier molecular flexibility index (Phi) is 5.68. The van der Waals surface area contributed by atoms with Gasteiger partial charge in [0.05, 0.1) is 18.6 Å². The Bertz CT molecular complexity index is 876. The average Bonchev–Trinajstić information content (AvgIpc) is 2.82. The number of amides is 2. The molecule has 8 heteroatoms. The summed E-state index contributed by atoms with van der Waals surface area (Å²) in [6, 6.07) is 9.17. The SMILES string of the molecule is O=C1S/C(=C/c2cc(I)c(O)c(I)c2)C(=O)N1Cc1ccc(F)cc1. The van der Waals surface area contributed by atoms with Crippen molar-refractivity contribution >= 4 is 74.2 Å². The van der Waals surface area contributed by atoms with Gasteiger partial charge in [-0.25, -0.2) is 4.39 Å². The van der Waals surface area contributed by atoms with E-state index in [2.05, 4.69) is 0 Å². The normalized spacial score (nSPS) is 16.1. The molecular formula is C17H10FI2NO3S. The molecule has 1 aliphatic heterocycles. The van der Waals surface area contributed by atoms with E-state index >= 15 is 0 Å². The zero-order valence-electron chi connectivity index (χ0n) is 12.5. The molecule has 4 nitrogen and oxygen atoms in total. The first-order valence-corrected chi connectivity index (χ1v) is 10.0. The Morgan fingerprint density at radius 1 is 1.12 bits per heavy atom. The molecule has 0 saturated carbocycles. The maximum atomic E-state index is 13.0. The molecule has 1 fully saturated rings. The van der Waals surface area contributed by atoms with E-state index in [1.165, 1.54) is 12.1 Å². The van der Waals surface area contributed by atoms with Crippen LogP contribution in [-0.4, -0.2) is 21.2 Å². The summed E-state index contributed by atoms with van der Waals surface area (Å²) in [6.45, 7) is 0.104. The van der Waals surface area contributed by atoms with Crippen molar-refractivity contribution in [3.8, 4) is 5.75 Å². The van der Waals surface area contributed by atoms with Crippen LogP contribution in [0.5, 0.6) is 5.75 Å². The molecular weight excluding hydrogens is 571 g/mol. The molecule has 0 atom stereocenters. The van der Waals surface area contributed by atoms with Gasteiger partial charge in [0.15, 0.2) is 0 Å². The number of phenols is 1. The number of hydrogen-bond donors (Lipinski definition) is 1. The molecule has 0 aromatic heterocycles. The highest BCUT2D eigenvalue weighted by atomic mass is 127. The van der Waals surface area contributed by atoms with E-state index in [0.29, 0.717) is 17.6 Å². The molecule has 128 valence electrons. The van der Waals surface area contributed by atoms with Crippen LogP contribution in [0.25, 0.3) is 6.08 Å². The number of nitrogens with zero attached hydrogens (tertiary/aromatic N) is 1. The fourth-order valence-corrected chi connectivity index (χ4v) is 4.88. The third kappa shape index (κ3) is 4.17. The van der Waals surface area contributed by atoms with E-state index in [1.807, 2.05) is 45.2 Å². The first kappa shape index (κ1) is 18.6. The lowest BCUT2D eigenvalue weighted by atomic mass is 10.2. The summed E-state index contributed by atoms with van der Waals surface area (Å²) in [4.78, 5) is 26.1. The molecule has 0 unspecified atom stereocenters. The second-order valence-electron chi connectivity index (χ2n) is 5.23. The minimum absolute atomic E-state index is 0.104. The Morgan fingerprint density at radius 2 is 1.72 bits per heavy atom. The lowest BCUT2D eigenvalue weighted by Gasteiger charge is -2.12. The highest BCUT2D eigenvalue weighted by Crippen LogP contribution is 2.35. The van der Waals surface area contributed by atoms with Crippen molar-refractivity contribution in [3.05, 3.63) is 65.4 Å². The van der Waals surface area contributed by atoms with Crippen LogP contribution in [0, 0.1) is 13.0 Å². The number of imide groups is 1. The van der Waals surface area contributed by atoms with Crippen LogP contribution >= 0.6 is 56.9 Å². The van der Waals surface area contributed by atoms with E-state index in [0.717, 1.165) is 22.2 Å². The predicted molar refractivity (Wildman–Crippen MR) is 111 cm³/mol. The smallest absolute Gasteiger partial charge is 0.293 e. The number of rotatable bonds is 3. The lowest BCUT2D eigenvalue weighted by Crippen LogP contribution is -2.27. The number of benzene rings is 2. The van der Waals surface area contributed by atoms with Gasteiger partial charge in [-0.15, -0.1) is 0 Å². The number of thioether (sulfide) groups is 1. The van der Waals surface area contributed by atoms with Crippen LogP contribution in [0.15, 0.2) is 41.3 Å². The first-order chi connectivity index (χ1) is 11.8. The fraction of sp³-hybridized carbons (Fsp3) is 0.0588. The molecule has 3 rings (SSSR count). The number of carbonyl (C=O) groups excluding carboxylic acids is 2. The second kappa shape index (κ2) is 7.62. The molecule has 1 saturated heterocycles. The van der Waals surface area contributed by atoms with Crippen LogP contribution in [0.3, 0.4) is 0 Å². The van der Waals surface area contributed by atoms with E-state index in [4.69, 9.17) is 0 Å². The monoisotopic (exact) mass is 581 g/mol. The highest BCUT2D eigenvalue weighted by molar-refractivity contribution is 14.1. The van der Waals surface area contributed by atoms with E-state index < -0.39 is 0 Å². The van der Waals surface area contributed by atoms with E-state index in [-0.39, 0.29) is 29.3 Å². The molecule has 2 aromatic carbocycles. The average molecular weight is 581 g/mol. The Hall–Kier alpha value is -1.14. The largest absolute Gasteiger partial charge is 0.506 e. The van der Waals surface area contributed by atoms with Gasteiger partial charge in [0, 0.05) is 0 Å². The van der Waals surface area contributed by atoms with Crippen LogP contribution in [0.4, 0.5) is 9.18 Å². The Balaban J connectivity index is 1.84. The Labute approximate surface area is 174 Å². The second-order valence-corrected chi connectivity index (χ2v) is 8.55. The van der Waals surface area contributed by atoms with Gasteiger partial charge < -0.3 is 5.11 Å². The molecule has 0 aliphatic carbocycles. The van der Waals surface area contributed by atoms with Crippen LogP contribution < -0.4 is 0 Å². The van der Waals surface area contributed by atoms with Gasteiger partial charge in [-0.05, 0) is 98.4 Å². The molecule has 1 N–H and O–H groups in total. The van der Waals surface area contributed by atoms with Crippen molar-refractivity contribution < 1.29 is 19.1 Å². The highest BCUT2D eigenvalue weighted by Gasteiger charge is 2.35. The molecule has 2 amide bonds.